The van der Waals surface area contributed by atoms with E-state index in [0.717, 1.165) is 35.1 Å². The van der Waals surface area contributed by atoms with E-state index < -0.39 is 17.9 Å². The first kappa shape index (κ1) is 35.2. The summed E-state index contributed by atoms with van der Waals surface area (Å²) in [6.45, 7) is 13.1. The van der Waals surface area contributed by atoms with Crippen LogP contribution < -0.4 is 20.7 Å². The minimum atomic E-state index is -4.81. The second-order valence-corrected chi connectivity index (χ2v) is 14.6. The van der Waals surface area contributed by atoms with E-state index in [1.807, 2.05) is 57.7 Å². The predicted octanol–water partition coefficient (Wildman–Crippen LogP) is 6.81. The van der Waals surface area contributed by atoms with Gasteiger partial charge >= 0.3 is 12.1 Å². The third kappa shape index (κ3) is 7.72. The minimum absolute atomic E-state index is 0.0952. The molecule has 0 bridgehead atoms. The molecule has 10 nitrogen and oxygen atoms in total. The number of hydrogen-bond acceptors (Lipinski definition) is 9. The van der Waals surface area contributed by atoms with Crippen molar-refractivity contribution in [2.24, 2.45) is 5.41 Å². The van der Waals surface area contributed by atoms with E-state index in [1.54, 1.807) is 31.3 Å². The first-order valence-corrected chi connectivity index (χ1v) is 16.8. The third-order valence-electron chi connectivity index (χ3n) is 9.56. The molecule has 2 aliphatic rings. The van der Waals surface area contributed by atoms with E-state index in [1.165, 1.54) is 16.8 Å². The molecule has 2 saturated heterocycles. The molecule has 0 saturated carbocycles. The summed E-state index contributed by atoms with van der Waals surface area (Å²) in [5.74, 6) is -0.360. The highest BCUT2D eigenvalue weighted by Gasteiger charge is 2.46. The van der Waals surface area contributed by atoms with Gasteiger partial charge in [-0.15, -0.1) is 0 Å². The lowest BCUT2D eigenvalue weighted by Crippen LogP contribution is -2.41. The summed E-state index contributed by atoms with van der Waals surface area (Å²) in [5, 5.41) is 7.77. The van der Waals surface area contributed by atoms with E-state index in [2.05, 4.69) is 20.4 Å². The molecule has 0 unspecified atom stereocenters. The Labute approximate surface area is 290 Å². The Bertz CT molecular complexity index is 1880. The number of ether oxygens (including phenoxy) is 2. The summed E-state index contributed by atoms with van der Waals surface area (Å²) in [6, 6.07) is 13.5. The van der Waals surface area contributed by atoms with E-state index in [0.29, 0.717) is 37.6 Å². The number of carbonyl (C=O) groups is 1. The van der Waals surface area contributed by atoms with Crippen LogP contribution in [0.25, 0.3) is 16.8 Å². The summed E-state index contributed by atoms with van der Waals surface area (Å²) < 4.78 is 57.6. The Balaban J connectivity index is 1.25. The number of nitrogens with zero attached hydrogens (tertiary/aromatic N) is 5. The van der Waals surface area contributed by atoms with Gasteiger partial charge in [-0.05, 0) is 101 Å². The number of benzene rings is 2. The number of piperidine rings is 1. The number of anilines is 2. The van der Waals surface area contributed by atoms with Gasteiger partial charge in [-0.1, -0.05) is 30.3 Å². The van der Waals surface area contributed by atoms with E-state index in [-0.39, 0.29) is 40.5 Å². The second kappa shape index (κ2) is 13.2. The van der Waals surface area contributed by atoms with Gasteiger partial charge < -0.3 is 25.4 Å². The van der Waals surface area contributed by atoms with Crippen molar-refractivity contribution >= 4 is 17.7 Å². The number of carbonyl (C=O) groups excluding carboxylic acids is 1. The van der Waals surface area contributed by atoms with E-state index in [9.17, 15) is 18.0 Å². The van der Waals surface area contributed by atoms with Gasteiger partial charge in [0.05, 0.1) is 11.4 Å². The van der Waals surface area contributed by atoms with Gasteiger partial charge in [0.2, 0.25) is 17.9 Å². The molecule has 50 heavy (non-hydrogen) atoms. The number of nitrogens with two attached hydrogens (primary N) is 1. The molecule has 6 rings (SSSR count). The molecule has 0 amide bonds. The molecule has 2 aromatic heterocycles. The van der Waals surface area contributed by atoms with Crippen molar-refractivity contribution < 1.29 is 27.4 Å². The largest absolute Gasteiger partial charge is 0.459 e. The van der Waals surface area contributed by atoms with E-state index in [4.69, 9.17) is 15.2 Å². The van der Waals surface area contributed by atoms with Gasteiger partial charge in [0.15, 0.2) is 0 Å². The topological polar surface area (TPSA) is 120 Å². The Morgan fingerprint density at radius 3 is 2.32 bits per heavy atom. The Morgan fingerprint density at radius 2 is 1.68 bits per heavy atom. The molecule has 2 atom stereocenters. The first-order chi connectivity index (χ1) is 23.5. The number of hydrogen-bond donors (Lipinski definition) is 2. The predicted molar refractivity (Wildman–Crippen MR) is 185 cm³/mol. The van der Waals surface area contributed by atoms with Crippen molar-refractivity contribution in [2.45, 2.75) is 84.7 Å². The highest BCUT2D eigenvalue weighted by molar-refractivity contribution is 5.76. The number of rotatable bonds is 7. The monoisotopic (exact) mass is 691 g/mol. The molecule has 266 valence electrons. The zero-order valence-corrected chi connectivity index (χ0v) is 29.3. The van der Waals surface area contributed by atoms with Gasteiger partial charge in [0.25, 0.3) is 0 Å². The van der Waals surface area contributed by atoms with E-state index >= 15 is 0 Å². The smallest absolute Gasteiger partial charge is 0.429 e. The number of aromatic nitrogens is 4. The second-order valence-electron chi connectivity index (χ2n) is 14.6. The maximum Gasteiger partial charge on any atom is 0.429 e. The van der Waals surface area contributed by atoms with Crippen molar-refractivity contribution in [3.8, 4) is 22.7 Å². The minimum Gasteiger partial charge on any atom is -0.459 e. The molecule has 4 heterocycles. The van der Waals surface area contributed by atoms with Crippen molar-refractivity contribution in [2.75, 3.05) is 30.3 Å². The lowest BCUT2D eigenvalue weighted by molar-refractivity contribution is -0.198. The average Bonchev–Trinajstić information content (AvgIpc) is 3.66. The van der Waals surface area contributed by atoms with Crippen molar-refractivity contribution in [3.63, 3.8) is 0 Å². The third-order valence-corrected chi connectivity index (χ3v) is 9.56. The maximum absolute atomic E-state index is 14.9. The zero-order chi connectivity index (χ0) is 36.0. The molecule has 13 heteroatoms. The Hall–Kier alpha value is -4.65. The zero-order valence-electron chi connectivity index (χ0n) is 29.3. The maximum atomic E-state index is 14.9. The van der Waals surface area contributed by atoms with Gasteiger partial charge in [0, 0.05) is 37.5 Å². The van der Waals surface area contributed by atoms with Crippen molar-refractivity contribution in [1.82, 2.24) is 25.1 Å². The summed E-state index contributed by atoms with van der Waals surface area (Å²) in [6.07, 6.45) is -3.39. The summed E-state index contributed by atoms with van der Waals surface area (Å²) in [4.78, 5) is 23.1. The summed E-state index contributed by atoms with van der Waals surface area (Å²) in [7, 11) is 0. The van der Waals surface area contributed by atoms with Gasteiger partial charge in [-0.2, -0.15) is 28.2 Å². The van der Waals surface area contributed by atoms with Crippen LogP contribution >= 0.6 is 0 Å². The van der Waals surface area contributed by atoms with Crippen LogP contribution in [0.5, 0.6) is 5.88 Å². The SMILES string of the molecule is Cc1ccn(-c2cc(-c3ccc(C)c(C)c3)ccc2[C@@H](Oc2cc(N3CCC4(CC3)CN[C@H](C(=O)OC(C)(C)C)C4)nc(N)n2)C(F)(F)F)n1. The fraction of sp³-hybridized carbons (Fsp3) is 0.459. The van der Waals surface area contributed by atoms with Crippen LogP contribution in [0.2, 0.25) is 0 Å². The normalized spacial score (nSPS) is 18.3. The standard InChI is InChI=1S/C37H44F3N7O3/c1-22-7-8-25(17-23(22)2)26-9-10-27(29(18-26)47-14-11-24(3)45-47)32(37(38,39)40)49-31-19-30(43-34(41)44-31)46-15-12-36(13-16-46)20-28(42-21-36)33(48)50-35(4,5)6/h7-11,14,17-19,28,32,42H,12-13,15-16,20-21H2,1-6H3,(H2,41,43,44)/t28-,32+/m0/s1. The molecule has 2 aliphatic heterocycles. The fourth-order valence-corrected chi connectivity index (χ4v) is 6.74. The molecule has 3 N–H and O–H groups in total. The number of nitrogen functional groups attached to an aromatic ring is 1. The lowest BCUT2D eigenvalue weighted by atomic mass is 9.76. The molecular weight excluding hydrogens is 647 g/mol. The average molecular weight is 692 g/mol. The number of aryl methyl sites for hydroxylation is 3. The van der Waals surface area contributed by atoms with Crippen LogP contribution in [-0.4, -0.2) is 63.2 Å². The van der Waals surface area contributed by atoms with Crippen LogP contribution in [0.4, 0.5) is 24.9 Å². The highest BCUT2D eigenvalue weighted by Crippen LogP contribution is 2.43. The Kier molecular flexibility index (Phi) is 9.31. The van der Waals surface area contributed by atoms with Crippen LogP contribution in [-0.2, 0) is 9.53 Å². The van der Waals surface area contributed by atoms with Crippen LogP contribution in [0.3, 0.4) is 0 Å². The summed E-state index contributed by atoms with van der Waals surface area (Å²) in [5.41, 5.74) is 9.96. The first-order valence-electron chi connectivity index (χ1n) is 16.8. The quantitative estimate of drug-likeness (QED) is 0.202. The highest BCUT2D eigenvalue weighted by atomic mass is 19.4. The van der Waals surface area contributed by atoms with Crippen LogP contribution in [0.1, 0.15) is 68.5 Å². The number of halogens is 3. The molecule has 0 aliphatic carbocycles. The number of alkyl halides is 3. The molecular formula is C37H44F3N7O3. The van der Waals surface area contributed by atoms with Crippen LogP contribution in [0, 0.1) is 26.2 Å². The molecule has 2 aromatic carbocycles. The summed E-state index contributed by atoms with van der Waals surface area (Å²) >= 11 is 0. The van der Waals surface area contributed by atoms with Gasteiger partial charge in [0.1, 0.15) is 17.5 Å². The number of nitrogens with one attached hydrogen (secondary N) is 1. The van der Waals surface area contributed by atoms with Crippen LogP contribution in [0.15, 0.2) is 54.7 Å². The van der Waals surface area contributed by atoms with Gasteiger partial charge in [-0.3, -0.25) is 4.79 Å². The number of esters is 1. The van der Waals surface area contributed by atoms with Gasteiger partial charge in [-0.25, -0.2) is 4.68 Å². The molecule has 4 aromatic rings. The molecule has 2 fully saturated rings. The lowest BCUT2D eigenvalue weighted by Gasteiger charge is -2.39. The van der Waals surface area contributed by atoms with Crippen molar-refractivity contribution in [3.05, 3.63) is 77.1 Å². The fourth-order valence-electron chi connectivity index (χ4n) is 6.74. The molecule has 0 radical (unpaired) electrons. The Morgan fingerprint density at radius 1 is 0.980 bits per heavy atom. The van der Waals surface area contributed by atoms with Crippen molar-refractivity contribution in [1.29, 1.82) is 0 Å². The molecule has 1 spiro atoms.